The molecule has 1 aromatic rings. The summed E-state index contributed by atoms with van der Waals surface area (Å²) in [4.78, 5) is 0. The van der Waals surface area contributed by atoms with Gasteiger partial charge in [-0.2, -0.15) is 0 Å². The highest BCUT2D eigenvalue weighted by molar-refractivity contribution is 5.31. The predicted octanol–water partition coefficient (Wildman–Crippen LogP) is 1.54. The molecule has 1 fully saturated rings. The van der Waals surface area contributed by atoms with Gasteiger partial charge in [0, 0.05) is 24.5 Å². The van der Waals surface area contributed by atoms with Crippen molar-refractivity contribution in [1.29, 1.82) is 0 Å². The van der Waals surface area contributed by atoms with Gasteiger partial charge in [0.05, 0.1) is 0 Å². The molecule has 0 radical (unpaired) electrons. The van der Waals surface area contributed by atoms with E-state index in [2.05, 4.69) is 5.32 Å². The van der Waals surface area contributed by atoms with Crippen molar-refractivity contribution in [3.8, 4) is 0 Å². The third-order valence-corrected chi connectivity index (χ3v) is 3.18. The molecule has 0 bridgehead atoms. The van der Waals surface area contributed by atoms with Crippen LogP contribution in [0.4, 0.5) is 4.39 Å². The highest BCUT2D eigenvalue weighted by Gasteiger charge is 2.37. The molecule has 3 heteroatoms. The molecule has 0 aliphatic carbocycles. The number of hydrogen-bond acceptors (Lipinski definition) is 2. The fourth-order valence-electron chi connectivity index (χ4n) is 2.24. The molecule has 0 amide bonds. The van der Waals surface area contributed by atoms with Crippen molar-refractivity contribution in [2.24, 2.45) is 5.73 Å². The molecule has 82 valence electrons. The second-order valence-corrected chi connectivity index (χ2v) is 4.71. The van der Waals surface area contributed by atoms with E-state index >= 15 is 0 Å². The second kappa shape index (κ2) is 3.58. The lowest BCUT2D eigenvalue weighted by molar-refractivity contribution is 0.447. The van der Waals surface area contributed by atoms with Crippen LogP contribution in [0.1, 0.15) is 24.0 Å². The minimum absolute atomic E-state index is 0.0670. The number of hydrogen-bond donors (Lipinski definition) is 2. The van der Waals surface area contributed by atoms with E-state index in [0.29, 0.717) is 0 Å². The maximum atomic E-state index is 13.7. The van der Waals surface area contributed by atoms with Gasteiger partial charge in [0.25, 0.3) is 0 Å². The van der Waals surface area contributed by atoms with Crippen molar-refractivity contribution >= 4 is 0 Å². The van der Waals surface area contributed by atoms with Crippen molar-refractivity contribution in [2.75, 3.05) is 13.1 Å². The Morgan fingerprint density at radius 3 is 2.87 bits per heavy atom. The van der Waals surface area contributed by atoms with Crippen LogP contribution in [0.25, 0.3) is 0 Å². The lowest BCUT2D eigenvalue weighted by Crippen LogP contribution is -2.43. The van der Waals surface area contributed by atoms with Gasteiger partial charge >= 0.3 is 0 Å². The second-order valence-electron chi connectivity index (χ2n) is 4.71. The largest absolute Gasteiger partial charge is 0.324 e. The van der Waals surface area contributed by atoms with Crippen molar-refractivity contribution in [3.63, 3.8) is 0 Å². The van der Waals surface area contributed by atoms with E-state index in [4.69, 9.17) is 5.73 Å². The van der Waals surface area contributed by atoms with Crippen LogP contribution < -0.4 is 11.1 Å². The molecule has 15 heavy (non-hydrogen) atoms. The topological polar surface area (TPSA) is 38.0 Å². The van der Waals surface area contributed by atoms with E-state index in [-0.39, 0.29) is 17.3 Å². The number of nitrogens with two attached hydrogens (primary N) is 1. The molecule has 2 atom stereocenters. The van der Waals surface area contributed by atoms with Gasteiger partial charge in [0.2, 0.25) is 0 Å². The van der Waals surface area contributed by atoms with Crippen molar-refractivity contribution < 1.29 is 4.39 Å². The van der Waals surface area contributed by atoms with Crippen LogP contribution in [0.2, 0.25) is 0 Å². The summed E-state index contributed by atoms with van der Waals surface area (Å²) >= 11 is 0. The third-order valence-electron chi connectivity index (χ3n) is 3.18. The van der Waals surface area contributed by atoms with E-state index in [9.17, 15) is 4.39 Å². The quantitative estimate of drug-likeness (QED) is 0.734. The van der Waals surface area contributed by atoms with Gasteiger partial charge in [-0.05, 0) is 25.5 Å². The van der Waals surface area contributed by atoms with Crippen LogP contribution in [0, 0.1) is 12.7 Å². The average Bonchev–Trinajstić information content (AvgIpc) is 2.50. The number of benzene rings is 1. The number of nitrogens with one attached hydrogen (secondary N) is 1. The fourth-order valence-corrected chi connectivity index (χ4v) is 2.24. The Kier molecular flexibility index (Phi) is 2.52. The number of aryl methyl sites for hydroxylation is 1. The average molecular weight is 208 g/mol. The molecule has 0 saturated carbocycles. The lowest BCUT2D eigenvalue weighted by atomic mass is 9.83. The molecule has 1 saturated heterocycles. The predicted molar refractivity (Wildman–Crippen MR) is 59.3 cm³/mol. The first kappa shape index (κ1) is 10.6. The normalized spacial score (nSPS) is 30.8. The zero-order chi connectivity index (χ0) is 11.1. The zero-order valence-corrected chi connectivity index (χ0v) is 9.18. The summed E-state index contributed by atoms with van der Waals surface area (Å²) in [6, 6.07) is 5.21. The first-order valence-corrected chi connectivity index (χ1v) is 5.26. The number of halogens is 1. The van der Waals surface area contributed by atoms with E-state index in [1.165, 1.54) is 6.07 Å². The molecular formula is C12H17FN2. The molecule has 2 nitrogen and oxygen atoms in total. The van der Waals surface area contributed by atoms with Crippen LogP contribution in [-0.2, 0) is 0 Å². The van der Waals surface area contributed by atoms with Crippen LogP contribution in [-0.4, -0.2) is 18.6 Å². The molecule has 1 aromatic carbocycles. The monoisotopic (exact) mass is 208 g/mol. The van der Waals surface area contributed by atoms with E-state index in [0.717, 1.165) is 24.2 Å². The SMILES string of the molecule is Cc1ccc(F)c([C@@H]2CNC[C@@]2(C)N)c1. The third kappa shape index (κ3) is 1.90. The van der Waals surface area contributed by atoms with Gasteiger partial charge in [-0.1, -0.05) is 17.7 Å². The van der Waals surface area contributed by atoms with Gasteiger partial charge in [-0.15, -0.1) is 0 Å². The lowest BCUT2D eigenvalue weighted by Gasteiger charge is -2.26. The highest BCUT2D eigenvalue weighted by atomic mass is 19.1. The molecule has 1 heterocycles. The summed E-state index contributed by atoms with van der Waals surface area (Å²) in [5, 5.41) is 3.22. The van der Waals surface area contributed by atoms with E-state index in [1.807, 2.05) is 19.9 Å². The molecule has 1 aliphatic heterocycles. The molecule has 3 N–H and O–H groups in total. The Morgan fingerprint density at radius 1 is 1.53 bits per heavy atom. The molecule has 0 aromatic heterocycles. The van der Waals surface area contributed by atoms with Crippen LogP contribution >= 0.6 is 0 Å². The minimum atomic E-state index is -0.353. The van der Waals surface area contributed by atoms with Crippen molar-refractivity contribution in [1.82, 2.24) is 5.32 Å². The summed E-state index contributed by atoms with van der Waals surface area (Å²) in [5.74, 6) is -0.0802. The summed E-state index contributed by atoms with van der Waals surface area (Å²) < 4.78 is 13.7. The maximum absolute atomic E-state index is 13.7. The van der Waals surface area contributed by atoms with Gasteiger partial charge in [-0.3, -0.25) is 0 Å². The summed E-state index contributed by atoms with van der Waals surface area (Å²) in [6.45, 7) is 5.44. The summed E-state index contributed by atoms with van der Waals surface area (Å²) in [7, 11) is 0. The van der Waals surface area contributed by atoms with Gasteiger partial charge in [0.1, 0.15) is 5.82 Å². The van der Waals surface area contributed by atoms with Crippen molar-refractivity contribution in [3.05, 3.63) is 35.1 Å². The minimum Gasteiger partial charge on any atom is -0.324 e. The fraction of sp³-hybridized carbons (Fsp3) is 0.500. The molecule has 0 spiro atoms. The zero-order valence-electron chi connectivity index (χ0n) is 9.18. The van der Waals surface area contributed by atoms with Crippen LogP contribution in [0.15, 0.2) is 18.2 Å². The smallest absolute Gasteiger partial charge is 0.126 e. The molecule has 0 unspecified atom stereocenters. The maximum Gasteiger partial charge on any atom is 0.126 e. The Bertz CT molecular complexity index is 374. The Hall–Kier alpha value is -0.930. The van der Waals surface area contributed by atoms with Gasteiger partial charge < -0.3 is 11.1 Å². The standard InChI is InChI=1S/C12H17FN2/c1-8-3-4-11(13)9(5-8)10-6-15-7-12(10,2)14/h3-5,10,15H,6-7,14H2,1-2H3/t10-,12+/m0/s1. The molecule has 2 rings (SSSR count). The summed E-state index contributed by atoms with van der Waals surface area (Å²) in [6.07, 6.45) is 0. The first-order chi connectivity index (χ1) is 7.00. The molecule has 1 aliphatic rings. The van der Waals surface area contributed by atoms with E-state index < -0.39 is 0 Å². The van der Waals surface area contributed by atoms with Gasteiger partial charge in [-0.25, -0.2) is 4.39 Å². The van der Waals surface area contributed by atoms with Crippen LogP contribution in [0.3, 0.4) is 0 Å². The Labute approximate surface area is 89.7 Å². The van der Waals surface area contributed by atoms with Crippen LogP contribution in [0.5, 0.6) is 0 Å². The molecular weight excluding hydrogens is 191 g/mol. The number of rotatable bonds is 1. The Morgan fingerprint density at radius 2 is 2.27 bits per heavy atom. The first-order valence-electron chi connectivity index (χ1n) is 5.26. The van der Waals surface area contributed by atoms with Crippen molar-refractivity contribution in [2.45, 2.75) is 25.3 Å². The van der Waals surface area contributed by atoms with E-state index in [1.54, 1.807) is 6.07 Å². The highest BCUT2D eigenvalue weighted by Crippen LogP contribution is 2.31. The van der Waals surface area contributed by atoms with Gasteiger partial charge in [0.15, 0.2) is 0 Å². The Balaban J connectivity index is 2.40. The summed E-state index contributed by atoms with van der Waals surface area (Å²) in [5.41, 5.74) is 7.61.